The van der Waals surface area contributed by atoms with Gasteiger partial charge in [0, 0.05) is 23.7 Å². The molecule has 2 heterocycles. The van der Waals surface area contributed by atoms with Crippen LogP contribution in [0.3, 0.4) is 0 Å². The fraction of sp³-hybridized carbons (Fsp3) is 0.150. The van der Waals surface area contributed by atoms with E-state index in [4.69, 9.17) is 25.7 Å². The van der Waals surface area contributed by atoms with Gasteiger partial charge in [-0.1, -0.05) is 0 Å². The number of fused-ring (bicyclic) bond motifs is 2. The SMILES string of the molecule is COc1cc2nccc(Oc3ccc4c(c3)OCCN4C(N)=O)c2cc1C(N)=O. The molecule has 3 aromatic rings. The topological polar surface area (TPSA) is 130 Å². The quantitative estimate of drug-likeness (QED) is 0.699. The number of hydrogen-bond acceptors (Lipinski definition) is 6. The van der Waals surface area contributed by atoms with E-state index in [0.29, 0.717) is 52.7 Å². The summed E-state index contributed by atoms with van der Waals surface area (Å²) >= 11 is 0. The van der Waals surface area contributed by atoms with Gasteiger partial charge in [-0.05, 0) is 24.3 Å². The third-order valence-electron chi connectivity index (χ3n) is 4.58. The molecular weight excluding hydrogens is 376 g/mol. The zero-order valence-corrected chi connectivity index (χ0v) is 15.5. The number of anilines is 1. The van der Waals surface area contributed by atoms with Gasteiger partial charge in [0.1, 0.15) is 29.6 Å². The number of primary amides is 2. The first kappa shape index (κ1) is 18.4. The fourth-order valence-electron chi connectivity index (χ4n) is 3.22. The average molecular weight is 394 g/mol. The molecule has 3 amide bonds. The van der Waals surface area contributed by atoms with Gasteiger partial charge in [-0.2, -0.15) is 0 Å². The molecule has 0 saturated heterocycles. The largest absolute Gasteiger partial charge is 0.496 e. The van der Waals surface area contributed by atoms with Crippen LogP contribution in [0.1, 0.15) is 10.4 Å². The molecule has 0 atom stereocenters. The first-order valence-electron chi connectivity index (χ1n) is 8.76. The van der Waals surface area contributed by atoms with Gasteiger partial charge >= 0.3 is 6.03 Å². The van der Waals surface area contributed by atoms with Crippen LogP contribution in [0.2, 0.25) is 0 Å². The standard InChI is InChI=1S/C20H18N4O5/c1-27-17-10-14-12(9-13(17)19(21)25)16(4-5-23-14)29-11-2-3-15-18(8-11)28-7-6-24(15)20(22)26/h2-5,8-10H,6-7H2,1H3,(H2,21,25)(H2,22,26). The molecule has 0 fully saturated rings. The smallest absolute Gasteiger partial charge is 0.319 e. The van der Waals surface area contributed by atoms with E-state index < -0.39 is 11.9 Å². The molecule has 2 aromatic carbocycles. The summed E-state index contributed by atoms with van der Waals surface area (Å²) in [5.74, 6) is 1.17. The van der Waals surface area contributed by atoms with E-state index in [0.717, 1.165) is 0 Å². The summed E-state index contributed by atoms with van der Waals surface area (Å²) in [5.41, 5.74) is 12.3. The molecule has 1 aliphatic heterocycles. The van der Waals surface area contributed by atoms with Crippen molar-refractivity contribution in [2.24, 2.45) is 11.5 Å². The summed E-state index contributed by atoms with van der Waals surface area (Å²) in [6, 6.07) is 9.43. The number of ether oxygens (including phenoxy) is 3. The molecule has 0 bridgehead atoms. The van der Waals surface area contributed by atoms with Gasteiger partial charge in [-0.15, -0.1) is 0 Å². The van der Waals surface area contributed by atoms with Crippen molar-refractivity contribution in [3.05, 3.63) is 48.2 Å². The van der Waals surface area contributed by atoms with Crippen LogP contribution in [-0.2, 0) is 0 Å². The zero-order chi connectivity index (χ0) is 20.5. The van der Waals surface area contributed by atoms with Gasteiger partial charge in [-0.3, -0.25) is 14.7 Å². The van der Waals surface area contributed by atoms with Crippen LogP contribution in [0.4, 0.5) is 10.5 Å². The second-order valence-corrected chi connectivity index (χ2v) is 6.31. The number of methoxy groups -OCH3 is 1. The van der Waals surface area contributed by atoms with E-state index in [1.807, 2.05) is 0 Å². The molecule has 9 heteroatoms. The third-order valence-corrected chi connectivity index (χ3v) is 4.58. The van der Waals surface area contributed by atoms with E-state index in [9.17, 15) is 9.59 Å². The maximum absolute atomic E-state index is 11.8. The number of carbonyl (C=O) groups is 2. The first-order valence-corrected chi connectivity index (χ1v) is 8.76. The molecule has 4 N–H and O–H groups in total. The number of hydrogen-bond donors (Lipinski definition) is 2. The summed E-state index contributed by atoms with van der Waals surface area (Å²) < 4.78 is 16.9. The van der Waals surface area contributed by atoms with Crippen molar-refractivity contribution in [1.29, 1.82) is 0 Å². The van der Waals surface area contributed by atoms with Gasteiger partial charge in [-0.25, -0.2) is 4.79 Å². The Morgan fingerprint density at radius 2 is 1.97 bits per heavy atom. The molecule has 0 unspecified atom stereocenters. The Balaban J connectivity index is 1.74. The van der Waals surface area contributed by atoms with Crippen molar-refractivity contribution in [2.45, 2.75) is 0 Å². The lowest BCUT2D eigenvalue weighted by Gasteiger charge is -2.28. The van der Waals surface area contributed by atoms with E-state index in [1.165, 1.54) is 12.0 Å². The van der Waals surface area contributed by atoms with Gasteiger partial charge in [0.15, 0.2) is 0 Å². The summed E-state index contributed by atoms with van der Waals surface area (Å²) in [5, 5.41) is 0.597. The zero-order valence-electron chi connectivity index (χ0n) is 15.5. The molecule has 0 radical (unpaired) electrons. The Bertz CT molecular complexity index is 1130. The minimum Gasteiger partial charge on any atom is -0.496 e. The Kier molecular flexibility index (Phi) is 4.55. The maximum atomic E-state index is 11.8. The molecule has 0 saturated carbocycles. The molecule has 4 rings (SSSR count). The summed E-state index contributed by atoms with van der Waals surface area (Å²) in [6.45, 7) is 0.717. The fourth-order valence-corrected chi connectivity index (χ4v) is 3.22. The molecule has 29 heavy (non-hydrogen) atoms. The second kappa shape index (κ2) is 7.19. The average Bonchev–Trinajstić information content (AvgIpc) is 2.72. The number of pyridine rings is 1. The monoisotopic (exact) mass is 394 g/mol. The summed E-state index contributed by atoms with van der Waals surface area (Å²) in [4.78, 5) is 29.1. The van der Waals surface area contributed by atoms with Crippen molar-refractivity contribution < 1.29 is 23.8 Å². The van der Waals surface area contributed by atoms with Gasteiger partial charge < -0.3 is 25.7 Å². The van der Waals surface area contributed by atoms with E-state index in [1.54, 1.807) is 42.6 Å². The van der Waals surface area contributed by atoms with Gasteiger partial charge in [0.05, 0.1) is 30.4 Å². The predicted molar refractivity (Wildman–Crippen MR) is 106 cm³/mol. The summed E-state index contributed by atoms with van der Waals surface area (Å²) in [7, 11) is 1.45. The molecule has 0 aliphatic carbocycles. The van der Waals surface area contributed by atoms with Gasteiger partial charge in [0.25, 0.3) is 5.91 Å². The lowest BCUT2D eigenvalue weighted by molar-refractivity contribution is 0.0997. The molecule has 1 aliphatic rings. The van der Waals surface area contributed by atoms with Crippen LogP contribution in [0, 0.1) is 0 Å². The number of aromatic nitrogens is 1. The Hall–Kier alpha value is -4.01. The highest BCUT2D eigenvalue weighted by molar-refractivity contribution is 6.01. The highest BCUT2D eigenvalue weighted by atomic mass is 16.5. The maximum Gasteiger partial charge on any atom is 0.319 e. The van der Waals surface area contributed by atoms with Crippen LogP contribution in [0.25, 0.3) is 10.9 Å². The second-order valence-electron chi connectivity index (χ2n) is 6.31. The number of nitrogens with zero attached hydrogens (tertiary/aromatic N) is 2. The van der Waals surface area contributed by atoms with Crippen molar-refractivity contribution >= 4 is 28.5 Å². The molecule has 148 valence electrons. The molecule has 0 spiro atoms. The Morgan fingerprint density at radius 1 is 1.14 bits per heavy atom. The Labute approximate surface area is 165 Å². The summed E-state index contributed by atoms with van der Waals surface area (Å²) in [6.07, 6.45) is 1.59. The highest BCUT2D eigenvalue weighted by Gasteiger charge is 2.22. The highest BCUT2D eigenvalue weighted by Crippen LogP contribution is 2.38. The first-order chi connectivity index (χ1) is 14.0. The normalized spacial score (nSPS) is 12.8. The number of carbonyl (C=O) groups excluding carboxylic acids is 2. The molecule has 9 nitrogen and oxygen atoms in total. The molecular formula is C20H18N4O5. The lowest BCUT2D eigenvalue weighted by atomic mass is 10.1. The lowest BCUT2D eigenvalue weighted by Crippen LogP contribution is -2.41. The van der Waals surface area contributed by atoms with Crippen molar-refractivity contribution in [2.75, 3.05) is 25.2 Å². The number of rotatable bonds is 4. The minimum absolute atomic E-state index is 0.226. The van der Waals surface area contributed by atoms with E-state index in [2.05, 4.69) is 4.98 Å². The van der Waals surface area contributed by atoms with Crippen LogP contribution in [0.5, 0.6) is 23.0 Å². The third kappa shape index (κ3) is 3.33. The number of benzene rings is 2. The number of nitrogens with two attached hydrogens (primary N) is 2. The van der Waals surface area contributed by atoms with Crippen LogP contribution < -0.4 is 30.6 Å². The van der Waals surface area contributed by atoms with Crippen molar-refractivity contribution in [3.63, 3.8) is 0 Å². The minimum atomic E-state index is -0.618. The number of amides is 3. The number of urea groups is 1. The van der Waals surface area contributed by atoms with Gasteiger partial charge in [0.2, 0.25) is 0 Å². The van der Waals surface area contributed by atoms with Crippen molar-refractivity contribution in [3.8, 4) is 23.0 Å². The van der Waals surface area contributed by atoms with E-state index >= 15 is 0 Å². The van der Waals surface area contributed by atoms with Crippen LogP contribution in [-0.4, -0.2) is 37.2 Å². The van der Waals surface area contributed by atoms with Crippen LogP contribution >= 0.6 is 0 Å². The molecule has 1 aromatic heterocycles. The van der Waals surface area contributed by atoms with E-state index in [-0.39, 0.29) is 5.56 Å². The Morgan fingerprint density at radius 3 is 2.69 bits per heavy atom. The predicted octanol–water partition coefficient (Wildman–Crippen LogP) is 2.41. The van der Waals surface area contributed by atoms with Crippen LogP contribution in [0.15, 0.2) is 42.6 Å². The van der Waals surface area contributed by atoms with Crippen molar-refractivity contribution in [1.82, 2.24) is 4.98 Å².